The van der Waals surface area contributed by atoms with Gasteiger partial charge in [0.1, 0.15) is 0 Å². The van der Waals surface area contributed by atoms with E-state index in [0.717, 1.165) is 6.04 Å². The largest absolute Gasteiger partial charge is 0.302 e. The van der Waals surface area contributed by atoms with E-state index in [-0.39, 0.29) is 0 Å². The van der Waals surface area contributed by atoms with Gasteiger partial charge in [-0.05, 0) is 87.0 Å². The zero-order chi connectivity index (χ0) is 19.5. The zero-order valence-corrected chi connectivity index (χ0v) is 17.9. The van der Waals surface area contributed by atoms with Crippen molar-refractivity contribution in [1.29, 1.82) is 0 Å². The van der Waals surface area contributed by atoms with Gasteiger partial charge in [-0.2, -0.15) is 0 Å². The Bertz CT molecular complexity index is 750. The van der Waals surface area contributed by atoms with Crippen molar-refractivity contribution < 1.29 is 0 Å². The first-order chi connectivity index (χ1) is 14.4. The normalized spacial score (nSPS) is 22.5. The maximum absolute atomic E-state index is 2.82. The summed E-state index contributed by atoms with van der Waals surface area (Å²) < 4.78 is 0. The second-order valence-corrected chi connectivity index (χ2v) is 9.43. The number of rotatable bonds is 3. The third kappa shape index (κ3) is 4.29. The molecule has 2 saturated heterocycles. The molecule has 0 aromatic heterocycles. The Hall–Kier alpha value is -1.64. The Morgan fingerprint density at radius 2 is 1.21 bits per heavy atom. The van der Waals surface area contributed by atoms with E-state index < -0.39 is 0 Å². The van der Waals surface area contributed by atoms with Crippen LogP contribution in [0.5, 0.6) is 0 Å². The van der Waals surface area contributed by atoms with E-state index in [4.69, 9.17) is 0 Å². The third-order valence-electron chi connectivity index (χ3n) is 7.68. The summed E-state index contributed by atoms with van der Waals surface area (Å²) in [4.78, 5) is 5.58. The molecule has 0 bridgehead atoms. The molecule has 0 spiro atoms. The Morgan fingerprint density at radius 3 is 1.79 bits per heavy atom. The summed E-state index contributed by atoms with van der Waals surface area (Å²) in [5.74, 6) is 0.527. The molecular formula is C27H36N2. The molecule has 0 N–H and O–H groups in total. The number of hydrogen-bond donors (Lipinski definition) is 0. The monoisotopic (exact) mass is 388 g/mol. The van der Waals surface area contributed by atoms with E-state index in [0.29, 0.717) is 5.92 Å². The van der Waals surface area contributed by atoms with Crippen molar-refractivity contribution in [3.05, 3.63) is 70.8 Å². The van der Waals surface area contributed by atoms with E-state index in [1.807, 2.05) is 0 Å². The third-order valence-corrected chi connectivity index (χ3v) is 7.68. The van der Waals surface area contributed by atoms with Crippen molar-refractivity contribution in [1.82, 2.24) is 9.80 Å². The standard InChI is InChI=1S/C27H36N2/c1-2-8-18-29(17-7-1)24-15-19-28(20-16-24)21-27-25-11-5-3-9-22(25)13-14-23-10-4-6-12-26(23)27/h3-6,9-12,24,27H,1-2,7-8,13-21H2. The molecule has 2 aromatic carbocycles. The SMILES string of the molecule is c1ccc2c(c1)CCc1ccccc1C2CN1CCC(N2CCCCCC2)CC1. The number of fused-ring (bicyclic) bond motifs is 2. The van der Waals surface area contributed by atoms with Crippen LogP contribution in [0.4, 0.5) is 0 Å². The van der Waals surface area contributed by atoms with Gasteiger partial charge in [0.2, 0.25) is 0 Å². The molecule has 154 valence electrons. The molecule has 2 nitrogen and oxygen atoms in total. The van der Waals surface area contributed by atoms with Gasteiger partial charge < -0.3 is 9.80 Å². The molecule has 2 aromatic rings. The van der Waals surface area contributed by atoms with Gasteiger partial charge in [0.05, 0.1) is 0 Å². The molecule has 0 unspecified atom stereocenters. The second kappa shape index (κ2) is 9.02. The average molecular weight is 389 g/mol. The first-order valence-corrected chi connectivity index (χ1v) is 12.0. The van der Waals surface area contributed by atoms with Crippen LogP contribution in [0.3, 0.4) is 0 Å². The van der Waals surface area contributed by atoms with Gasteiger partial charge >= 0.3 is 0 Å². The van der Waals surface area contributed by atoms with Crippen LogP contribution in [-0.2, 0) is 12.8 Å². The summed E-state index contributed by atoms with van der Waals surface area (Å²) in [6, 6.07) is 19.3. The first-order valence-electron chi connectivity index (χ1n) is 12.0. The van der Waals surface area contributed by atoms with Crippen LogP contribution >= 0.6 is 0 Å². The molecule has 2 heteroatoms. The molecule has 1 aliphatic carbocycles. The lowest BCUT2D eigenvalue weighted by Gasteiger charge is -2.39. The first kappa shape index (κ1) is 19.3. The molecule has 3 aliphatic rings. The number of nitrogens with zero attached hydrogens (tertiary/aromatic N) is 2. The van der Waals surface area contributed by atoms with Gasteiger partial charge in [0.25, 0.3) is 0 Å². The maximum Gasteiger partial charge on any atom is 0.0222 e. The number of aryl methyl sites for hydroxylation is 2. The summed E-state index contributed by atoms with van der Waals surface area (Å²) in [6.07, 6.45) is 10.8. The quantitative estimate of drug-likeness (QED) is 0.708. The summed E-state index contributed by atoms with van der Waals surface area (Å²) >= 11 is 0. The van der Waals surface area contributed by atoms with Gasteiger partial charge in [0.15, 0.2) is 0 Å². The van der Waals surface area contributed by atoms with Crippen LogP contribution in [-0.4, -0.2) is 48.6 Å². The van der Waals surface area contributed by atoms with Crippen LogP contribution in [0.2, 0.25) is 0 Å². The van der Waals surface area contributed by atoms with E-state index in [9.17, 15) is 0 Å². The Labute approximate surface area is 176 Å². The van der Waals surface area contributed by atoms with E-state index >= 15 is 0 Å². The van der Waals surface area contributed by atoms with Crippen molar-refractivity contribution in [2.45, 2.75) is 63.3 Å². The van der Waals surface area contributed by atoms with Crippen molar-refractivity contribution in [2.75, 3.05) is 32.7 Å². The summed E-state index contributed by atoms with van der Waals surface area (Å²) in [7, 11) is 0. The highest BCUT2D eigenvalue weighted by atomic mass is 15.2. The summed E-state index contributed by atoms with van der Waals surface area (Å²) in [6.45, 7) is 6.40. The van der Waals surface area contributed by atoms with Gasteiger partial charge in [-0.3, -0.25) is 0 Å². The Kier molecular flexibility index (Phi) is 6.01. The Balaban J connectivity index is 1.31. The predicted molar refractivity (Wildman–Crippen MR) is 122 cm³/mol. The van der Waals surface area contributed by atoms with Gasteiger partial charge in [-0.1, -0.05) is 61.4 Å². The summed E-state index contributed by atoms with van der Waals surface area (Å²) in [5.41, 5.74) is 6.28. The number of hydrogen-bond acceptors (Lipinski definition) is 2. The number of piperidine rings is 1. The topological polar surface area (TPSA) is 6.48 Å². The van der Waals surface area contributed by atoms with Crippen LogP contribution in [0, 0.1) is 0 Å². The fourth-order valence-corrected chi connectivity index (χ4v) is 6.02. The highest BCUT2D eigenvalue weighted by Gasteiger charge is 2.29. The predicted octanol–water partition coefficient (Wildman–Crippen LogP) is 5.26. The molecular weight excluding hydrogens is 352 g/mol. The molecule has 2 heterocycles. The van der Waals surface area contributed by atoms with Crippen molar-refractivity contribution >= 4 is 0 Å². The molecule has 0 amide bonds. The minimum Gasteiger partial charge on any atom is -0.302 e. The van der Waals surface area contributed by atoms with Gasteiger partial charge in [0, 0.05) is 18.5 Å². The van der Waals surface area contributed by atoms with Gasteiger partial charge in [-0.25, -0.2) is 0 Å². The van der Waals surface area contributed by atoms with Crippen LogP contribution in [0.1, 0.15) is 66.7 Å². The molecule has 0 atom stereocenters. The van der Waals surface area contributed by atoms with Crippen molar-refractivity contribution in [3.63, 3.8) is 0 Å². The zero-order valence-electron chi connectivity index (χ0n) is 17.9. The van der Waals surface area contributed by atoms with Crippen LogP contribution < -0.4 is 0 Å². The molecule has 5 rings (SSSR count). The highest BCUT2D eigenvalue weighted by molar-refractivity contribution is 5.45. The average Bonchev–Trinajstić information content (AvgIpc) is 3.14. The second-order valence-electron chi connectivity index (χ2n) is 9.43. The lowest BCUT2D eigenvalue weighted by molar-refractivity contribution is 0.109. The maximum atomic E-state index is 2.82. The molecule has 2 fully saturated rings. The fraction of sp³-hybridized carbons (Fsp3) is 0.556. The smallest absolute Gasteiger partial charge is 0.0222 e. The minimum atomic E-state index is 0.527. The number of likely N-dealkylation sites (tertiary alicyclic amines) is 2. The number of benzene rings is 2. The van der Waals surface area contributed by atoms with Crippen molar-refractivity contribution in [2.24, 2.45) is 0 Å². The van der Waals surface area contributed by atoms with E-state index in [1.54, 1.807) is 22.3 Å². The minimum absolute atomic E-state index is 0.527. The lowest BCUT2D eigenvalue weighted by Crippen LogP contribution is -2.46. The van der Waals surface area contributed by atoms with Crippen LogP contribution in [0.25, 0.3) is 0 Å². The Morgan fingerprint density at radius 1 is 0.655 bits per heavy atom. The molecule has 2 aliphatic heterocycles. The molecule has 29 heavy (non-hydrogen) atoms. The van der Waals surface area contributed by atoms with E-state index in [2.05, 4.69) is 58.3 Å². The highest BCUT2D eigenvalue weighted by Crippen LogP contribution is 2.35. The molecule has 0 radical (unpaired) electrons. The lowest BCUT2D eigenvalue weighted by atomic mass is 9.87. The van der Waals surface area contributed by atoms with E-state index in [1.165, 1.54) is 84.1 Å². The fourth-order valence-electron chi connectivity index (χ4n) is 6.02. The van der Waals surface area contributed by atoms with Crippen molar-refractivity contribution in [3.8, 4) is 0 Å². The summed E-state index contributed by atoms with van der Waals surface area (Å²) in [5, 5.41) is 0. The molecule has 0 saturated carbocycles. The van der Waals surface area contributed by atoms with Gasteiger partial charge in [-0.15, -0.1) is 0 Å². The van der Waals surface area contributed by atoms with Crippen LogP contribution in [0.15, 0.2) is 48.5 Å².